The fraction of sp³-hybridized carbons (Fsp3) is 0.300. The number of rotatable bonds is 5. The minimum absolute atomic E-state index is 0.288. The first-order valence-corrected chi connectivity index (χ1v) is 8.46. The molecule has 0 atom stereocenters. The Hall–Kier alpha value is -2.82. The fourth-order valence-electron chi connectivity index (χ4n) is 2.83. The SMILES string of the molecule is CCOC(=O)c1ccccc1NC(=O)NC1(c2ccc(C)cc2)CC1. The summed E-state index contributed by atoms with van der Waals surface area (Å²) in [5.74, 6) is -0.446. The van der Waals surface area contributed by atoms with Gasteiger partial charge in [0, 0.05) is 0 Å². The van der Waals surface area contributed by atoms with E-state index in [0.717, 1.165) is 18.4 Å². The van der Waals surface area contributed by atoms with E-state index in [-0.39, 0.29) is 18.2 Å². The molecular weight excluding hydrogens is 316 g/mol. The van der Waals surface area contributed by atoms with E-state index in [1.165, 1.54) is 5.56 Å². The van der Waals surface area contributed by atoms with E-state index in [9.17, 15) is 9.59 Å². The smallest absolute Gasteiger partial charge is 0.340 e. The summed E-state index contributed by atoms with van der Waals surface area (Å²) >= 11 is 0. The molecule has 3 rings (SSSR count). The molecule has 0 heterocycles. The minimum atomic E-state index is -0.446. The molecule has 1 aliphatic carbocycles. The summed E-state index contributed by atoms with van der Waals surface area (Å²) in [7, 11) is 0. The van der Waals surface area contributed by atoms with Crippen molar-refractivity contribution < 1.29 is 14.3 Å². The molecule has 5 heteroatoms. The molecule has 0 spiro atoms. The largest absolute Gasteiger partial charge is 0.462 e. The van der Waals surface area contributed by atoms with Gasteiger partial charge in [-0.05, 0) is 44.4 Å². The Labute approximate surface area is 147 Å². The number of ether oxygens (including phenoxy) is 1. The van der Waals surface area contributed by atoms with E-state index in [2.05, 4.69) is 22.8 Å². The Morgan fingerprint density at radius 3 is 2.40 bits per heavy atom. The van der Waals surface area contributed by atoms with Gasteiger partial charge in [-0.15, -0.1) is 0 Å². The second-order valence-corrected chi connectivity index (χ2v) is 6.29. The summed E-state index contributed by atoms with van der Waals surface area (Å²) in [4.78, 5) is 24.5. The highest BCUT2D eigenvalue weighted by Crippen LogP contribution is 2.45. The van der Waals surface area contributed by atoms with Crippen molar-refractivity contribution in [3.63, 3.8) is 0 Å². The predicted molar refractivity (Wildman–Crippen MR) is 96.6 cm³/mol. The molecule has 0 saturated heterocycles. The number of carbonyl (C=O) groups excluding carboxylic acids is 2. The zero-order valence-electron chi connectivity index (χ0n) is 14.5. The standard InChI is InChI=1S/C20H22N2O3/c1-3-25-18(23)16-6-4-5-7-17(16)21-19(24)22-20(12-13-20)15-10-8-14(2)9-11-15/h4-11H,3,12-13H2,1-2H3,(H2,21,22,24). The van der Waals surface area contributed by atoms with Crippen LogP contribution < -0.4 is 10.6 Å². The maximum atomic E-state index is 12.5. The third-order valence-corrected chi connectivity index (χ3v) is 4.38. The highest BCUT2D eigenvalue weighted by Gasteiger charge is 2.45. The minimum Gasteiger partial charge on any atom is -0.462 e. The van der Waals surface area contributed by atoms with Crippen LogP contribution in [0.1, 0.15) is 41.3 Å². The molecule has 25 heavy (non-hydrogen) atoms. The van der Waals surface area contributed by atoms with Crippen LogP contribution in [0.4, 0.5) is 10.5 Å². The summed E-state index contributed by atoms with van der Waals surface area (Å²) < 4.78 is 5.03. The first-order chi connectivity index (χ1) is 12.0. The van der Waals surface area contributed by atoms with Crippen LogP contribution in [0.5, 0.6) is 0 Å². The van der Waals surface area contributed by atoms with Gasteiger partial charge in [0.25, 0.3) is 0 Å². The van der Waals surface area contributed by atoms with Crippen LogP contribution >= 0.6 is 0 Å². The number of nitrogens with one attached hydrogen (secondary N) is 2. The number of hydrogen-bond donors (Lipinski definition) is 2. The van der Waals surface area contributed by atoms with Crippen LogP contribution in [0.15, 0.2) is 48.5 Å². The lowest BCUT2D eigenvalue weighted by Gasteiger charge is -2.19. The van der Waals surface area contributed by atoms with Gasteiger partial charge in [-0.25, -0.2) is 9.59 Å². The number of carbonyl (C=O) groups is 2. The molecule has 1 saturated carbocycles. The Bertz CT molecular complexity index is 780. The summed E-state index contributed by atoms with van der Waals surface area (Å²) in [6, 6.07) is 14.7. The molecular formula is C20H22N2O3. The third kappa shape index (κ3) is 3.82. The normalized spacial score (nSPS) is 14.5. The summed E-state index contributed by atoms with van der Waals surface area (Å²) in [6.45, 7) is 4.07. The van der Waals surface area contributed by atoms with Crippen molar-refractivity contribution in [2.24, 2.45) is 0 Å². The number of hydrogen-bond acceptors (Lipinski definition) is 3. The van der Waals surface area contributed by atoms with Crippen LogP contribution in [0.3, 0.4) is 0 Å². The molecule has 2 aromatic rings. The summed E-state index contributed by atoms with van der Waals surface area (Å²) in [5, 5.41) is 5.82. The molecule has 0 unspecified atom stereocenters. The van der Waals surface area contributed by atoms with E-state index in [1.807, 2.05) is 19.1 Å². The topological polar surface area (TPSA) is 67.4 Å². The second-order valence-electron chi connectivity index (χ2n) is 6.29. The first-order valence-electron chi connectivity index (χ1n) is 8.46. The number of esters is 1. The maximum Gasteiger partial charge on any atom is 0.340 e. The van der Waals surface area contributed by atoms with Crippen LogP contribution in [0, 0.1) is 6.92 Å². The van der Waals surface area contributed by atoms with Crippen LogP contribution in [0.25, 0.3) is 0 Å². The van der Waals surface area contributed by atoms with Crippen LogP contribution in [-0.2, 0) is 10.3 Å². The van der Waals surface area contributed by atoms with Crippen molar-refractivity contribution in [3.05, 3.63) is 65.2 Å². The van der Waals surface area contributed by atoms with Gasteiger partial charge in [-0.2, -0.15) is 0 Å². The predicted octanol–water partition coefficient (Wildman–Crippen LogP) is 3.98. The number of benzene rings is 2. The zero-order valence-corrected chi connectivity index (χ0v) is 14.5. The van der Waals surface area contributed by atoms with Gasteiger partial charge >= 0.3 is 12.0 Å². The van der Waals surface area contributed by atoms with Crippen molar-refractivity contribution in [1.29, 1.82) is 0 Å². The van der Waals surface area contributed by atoms with Gasteiger partial charge in [0.05, 0.1) is 23.4 Å². The van der Waals surface area contributed by atoms with Crippen molar-refractivity contribution in [3.8, 4) is 0 Å². The number of anilines is 1. The van der Waals surface area contributed by atoms with Gasteiger partial charge in [0.15, 0.2) is 0 Å². The van der Waals surface area contributed by atoms with Crippen LogP contribution in [-0.4, -0.2) is 18.6 Å². The summed E-state index contributed by atoms with van der Waals surface area (Å²) in [5.41, 5.74) is 2.77. The van der Waals surface area contributed by atoms with E-state index < -0.39 is 5.97 Å². The molecule has 0 aliphatic heterocycles. The maximum absolute atomic E-state index is 12.5. The summed E-state index contributed by atoms with van der Waals surface area (Å²) in [6.07, 6.45) is 1.81. The molecule has 2 N–H and O–H groups in total. The molecule has 0 bridgehead atoms. The van der Waals surface area contributed by atoms with Crippen molar-refractivity contribution in [2.75, 3.05) is 11.9 Å². The number of para-hydroxylation sites is 1. The molecule has 130 valence electrons. The average Bonchev–Trinajstić information content (AvgIpc) is 3.36. The monoisotopic (exact) mass is 338 g/mol. The molecule has 2 aromatic carbocycles. The van der Waals surface area contributed by atoms with Gasteiger partial charge in [0.2, 0.25) is 0 Å². The Morgan fingerprint density at radius 1 is 1.08 bits per heavy atom. The van der Waals surface area contributed by atoms with Crippen molar-refractivity contribution in [2.45, 2.75) is 32.2 Å². The quantitative estimate of drug-likeness (QED) is 0.810. The lowest BCUT2D eigenvalue weighted by atomic mass is 10.0. The molecule has 0 aromatic heterocycles. The van der Waals surface area contributed by atoms with E-state index in [1.54, 1.807) is 31.2 Å². The molecule has 1 aliphatic rings. The Balaban J connectivity index is 1.71. The van der Waals surface area contributed by atoms with E-state index >= 15 is 0 Å². The second kappa shape index (κ2) is 6.97. The highest BCUT2D eigenvalue weighted by molar-refractivity contribution is 6.01. The molecule has 0 radical (unpaired) electrons. The number of aryl methyl sites for hydroxylation is 1. The lowest BCUT2D eigenvalue weighted by molar-refractivity contribution is 0.0527. The van der Waals surface area contributed by atoms with Crippen molar-refractivity contribution in [1.82, 2.24) is 5.32 Å². The molecule has 5 nitrogen and oxygen atoms in total. The van der Waals surface area contributed by atoms with E-state index in [4.69, 9.17) is 4.74 Å². The average molecular weight is 338 g/mol. The van der Waals surface area contributed by atoms with Gasteiger partial charge in [-0.3, -0.25) is 0 Å². The van der Waals surface area contributed by atoms with Crippen LogP contribution in [0.2, 0.25) is 0 Å². The Morgan fingerprint density at radius 2 is 1.76 bits per heavy atom. The Kier molecular flexibility index (Phi) is 4.74. The zero-order chi connectivity index (χ0) is 17.9. The third-order valence-electron chi connectivity index (χ3n) is 4.38. The lowest BCUT2D eigenvalue weighted by Crippen LogP contribution is -2.38. The molecule has 2 amide bonds. The number of urea groups is 1. The number of amides is 2. The fourth-order valence-corrected chi connectivity index (χ4v) is 2.83. The van der Waals surface area contributed by atoms with Gasteiger partial charge in [0.1, 0.15) is 0 Å². The van der Waals surface area contributed by atoms with Gasteiger partial charge < -0.3 is 15.4 Å². The van der Waals surface area contributed by atoms with Gasteiger partial charge in [-0.1, -0.05) is 42.0 Å². The first kappa shape index (κ1) is 17.0. The van der Waals surface area contributed by atoms with E-state index in [0.29, 0.717) is 11.3 Å². The highest BCUT2D eigenvalue weighted by atomic mass is 16.5. The van der Waals surface area contributed by atoms with Crippen molar-refractivity contribution >= 4 is 17.7 Å². The molecule has 1 fully saturated rings.